The van der Waals surface area contributed by atoms with Crippen molar-refractivity contribution in [3.63, 3.8) is 0 Å². The van der Waals surface area contributed by atoms with E-state index in [2.05, 4.69) is 40.8 Å². The average molecular weight is 271 g/mol. The van der Waals surface area contributed by atoms with Crippen molar-refractivity contribution in [1.29, 1.82) is 0 Å². The Hall–Kier alpha value is 0.230. The van der Waals surface area contributed by atoms with Gasteiger partial charge in [-0.2, -0.15) is 11.8 Å². The number of nitrogens with zero attached hydrogens (tertiary/aromatic N) is 2. The van der Waals surface area contributed by atoms with Gasteiger partial charge in [0, 0.05) is 36.7 Å². The zero-order valence-corrected chi connectivity index (χ0v) is 12.8. The van der Waals surface area contributed by atoms with Crippen LogP contribution in [0.25, 0.3) is 0 Å². The lowest BCUT2D eigenvalue weighted by Gasteiger charge is -2.29. The third-order valence-corrected chi connectivity index (χ3v) is 5.42. The molecule has 0 bridgehead atoms. The first-order valence-corrected chi connectivity index (χ1v) is 8.68. The van der Waals surface area contributed by atoms with Crippen LogP contribution in [0.3, 0.4) is 0 Å². The minimum Gasteiger partial charge on any atom is -0.312 e. The van der Waals surface area contributed by atoms with Crippen molar-refractivity contribution in [3.8, 4) is 0 Å². The molecular weight excluding hydrogens is 242 g/mol. The zero-order chi connectivity index (χ0) is 12.8. The van der Waals surface area contributed by atoms with E-state index in [1.807, 2.05) is 0 Å². The molecule has 0 aliphatic carbocycles. The lowest BCUT2D eigenvalue weighted by Crippen LogP contribution is -2.42. The monoisotopic (exact) mass is 271 g/mol. The van der Waals surface area contributed by atoms with E-state index in [1.165, 1.54) is 63.5 Å². The fourth-order valence-electron chi connectivity index (χ4n) is 3.15. The minimum absolute atomic E-state index is 0.747. The highest BCUT2D eigenvalue weighted by molar-refractivity contribution is 7.99. The topological polar surface area (TPSA) is 18.5 Å². The molecule has 4 heteroatoms. The molecule has 2 saturated heterocycles. The van der Waals surface area contributed by atoms with Gasteiger partial charge in [0.25, 0.3) is 0 Å². The van der Waals surface area contributed by atoms with Crippen molar-refractivity contribution in [2.45, 2.75) is 38.3 Å². The standard InChI is InChI=1S/C14H29N3S/c1-3-17-8-4-5-14(17)11-16(2)9-6-13-12-18-10-7-15-13/h13-15H,3-12H2,1-2H3. The third kappa shape index (κ3) is 4.41. The van der Waals surface area contributed by atoms with E-state index >= 15 is 0 Å². The molecule has 106 valence electrons. The van der Waals surface area contributed by atoms with Crippen LogP contribution in [0.4, 0.5) is 0 Å². The largest absolute Gasteiger partial charge is 0.312 e. The predicted molar refractivity (Wildman–Crippen MR) is 81.5 cm³/mol. The van der Waals surface area contributed by atoms with Crippen LogP contribution in [-0.2, 0) is 0 Å². The molecule has 1 N–H and O–H groups in total. The number of hydrogen-bond acceptors (Lipinski definition) is 4. The lowest BCUT2D eigenvalue weighted by molar-refractivity contribution is 0.194. The summed E-state index contributed by atoms with van der Waals surface area (Å²) in [4.78, 5) is 5.19. The molecule has 0 amide bonds. The molecule has 0 aromatic heterocycles. The summed E-state index contributed by atoms with van der Waals surface area (Å²) in [5.74, 6) is 2.60. The Kier molecular flexibility index (Phi) is 6.29. The molecule has 2 aliphatic heterocycles. The first-order chi connectivity index (χ1) is 8.79. The van der Waals surface area contributed by atoms with Crippen LogP contribution in [0.5, 0.6) is 0 Å². The molecule has 18 heavy (non-hydrogen) atoms. The summed E-state index contributed by atoms with van der Waals surface area (Å²) < 4.78 is 0. The van der Waals surface area contributed by atoms with Crippen LogP contribution < -0.4 is 5.32 Å². The summed E-state index contributed by atoms with van der Waals surface area (Å²) in [6, 6.07) is 1.56. The second-order valence-corrected chi connectivity index (χ2v) is 6.85. The third-order valence-electron chi connectivity index (χ3n) is 4.29. The Morgan fingerprint density at radius 2 is 2.33 bits per heavy atom. The quantitative estimate of drug-likeness (QED) is 0.789. The SMILES string of the molecule is CCN1CCCC1CN(C)CCC1CSCCN1. The van der Waals surface area contributed by atoms with Crippen molar-refractivity contribution in [2.24, 2.45) is 0 Å². The van der Waals surface area contributed by atoms with Crippen molar-refractivity contribution >= 4 is 11.8 Å². The van der Waals surface area contributed by atoms with E-state index in [-0.39, 0.29) is 0 Å². The normalized spacial score (nSPS) is 30.2. The molecule has 0 aromatic rings. The highest BCUT2D eigenvalue weighted by Gasteiger charge is 2.24. The molecule has 0 aromatic carbocycles. The van der Waals surface area contributed by atoms with Gasteiger partial charge in [0.2, 0.25) is 0 Å². The highest BCUT2D eigenvalue weighted by Crippen LogP contribution is 2.17. The average Bonchev–Trinajstić information content (AvgIpc) is 2.85. The molecule has 2 fully saturated rings. The van der Waals surface area contributed by atoms with E-state index in [0.29, 0.717) is 0 Å². The van der Waals surface area contributed by atoms with E-state index in [4.69, 9.17) is 0 Å². The van der Waals surface area contributed by atoms with Crippen molar-refractivity contribution < 1.29 is 0 Å². The smallest absolute Gasteiger partial charge is 0.0223 e. The molecule has 2 heterocycles. The van der Waals surface area contributed by atoms with Crippen LogP contribution in [0, 0.1) is 0 Å². The van der Waals surface area contributed by atoms with E-state index < -0.39 is 0 Å². The summed E-state index contributed by atoms with van der Waals surface area (Å²) in [5, 5.41) is 3.63. The van der Waals surface area contributed by atoms with Gasteiger partial charge in [0.15, 0.2) is 0 Å². The van der Waals surface area contributed by atoms with Crippen molar-refractivity contribution in [2.75, 3.05) is 51.3 Å². The molecule has 2 aliphatic rings. The Labute approximate surface area is 117 Å². The van der Waals surface area contributed by atoms with Crippen LogP contribution >= 0.6 is 11.8 Å². The predicted octanol–water partition coefficient (Wildman–Crippen LogP) is 1.50. The summed E-state index contributed by atoms with van der Waals surface area (Å²) >= 11 is 2.10. The molecule has 0 spiro atoms. The maximum absolute atomic E-state index is 3.63. The summed E-state index contributed by atoms with van der Waals surface area (Å²) in [6.45, 7) is 8.53. The molecule has 2 atom stereocenters. The Morgan fingerprint density at radius 1 is 1.44 bits per heavy atom. The Balaban J connectivity index is 1.63. The first kappa shape index (κ1) is 14.6. The van der Waals surface area contributed by atoms with Crippen molar-refractivity contribution in [3.05, 3.63) is 0 Å². The fraction of sp³-hybridized carbons (Fsp3) is 1.00. The summed E-state index contributed by atoms with van der Waals surface area (Å²) in [7, 11) is 2.29. The number of likely N-dealkylation sites (tertiary alicyclic amines) is 1. The van der Waals surface area contributed by atoms with E-state index in [1.54, 1.807) is 0 Å². The summed E-state index contributed by atoms with van der Waals surface area (Å²) in [6.07, 6.45) is 4.10. The molecule has 0 radical (unpaired) electrons. The van der Waals surface area contributed by atoms with E-state index in [0.717, 1.165) is 12.1 Å². The molecule has 2 unspecified atom stereocenters. The Morgan fingerprint density at radius 3 is 3.06 bits per heavy atom. The van der Waals surface area contributed by atoms with Gasteiger partial charge in [-0.25, -0.2) is 0 Å². The second kappa shape index (κ2) is 7.73. The van der Waals surface area contributed by atoms with E-state index in [9.17, 15) is 0 Å². The molecular formula is C14H29N3S. The highest BCUT2D eigenvalue weighted by atomic mass is 32.2. The second-order valence-electron chi connectivity index (χ2n) is 5.70. The lowest BCUT2D eigenvalue weighted by atomic mass is 10.2. The van der Waals surface area contributed by atoms with Crippen LogP contribution in [-0.4, -0.2) is 73.2 Å². The number of likely N-dealkylation sites (N-methyl/N-ethyl adjacent to an activating group) is 2. The minimum atomic E-state index is 0.747. The molecule has 3 nitrogen and oxygen atoms in total. The number of thioether (sulfide) groups is 1. The number of nitrogens with one attached hydrogen (secondary N) is 1. The Bertz CT molecular complexity index is 231. The first-order valence-electron chi connectivity index (χ1n) is 7.53. The van der Waals surface area contributed by atoms with Gasteiger partial charge in [-0.3, -0.25) is 4.90 Å². The maximum Gasteiger partial charge on any atom is 0.0223 e. The van der Waals surface area contributed by atoms with Gasteiger partial charge < -0.3 is 10.2 Å². The summed E-state index contributed by atoms with van der Waals surface area (Å²) in [5.41, 5.74) is 0. The molecule has 2 rings (SSSR count). The number of rotatable bonds is 6. The van der Waals surface area contributed by atoms with Gasteiger partial charge in [0.05, 0.1) is 0 Å². The van der Waals surface area contributed by atoms with Gasteiger partial charge in [-0.1, -0.05) is 6.92 Å². The maximum atomic E-state index is 3.63. The van der Waals surface area contributed by atoms with Crippen molar-refractivity contribution in [1.82, 2.24) is 15.1 Å². The number of hydrogen-bond donors (Lipinski definition) is 1. The fourth-order valence-corrected chi connectivity index (χ4v) is 4.15. The van der Waals surface area contributed by atoms with Gasteiger partial charge in [-0.15, -0.1) is 0 Å². The van der Waals surface area contributed by atoms with Gasteiger partial charge >= 0.3 is 0 Å². The van der Waals surface area contributed by atoms with Crippen LogP contribution in [0.15, 0.2) is 0 Å². The van der Waals surface area contributed by atoms with Gasteiger partial charge in [-0.05, 0) is 45.9 Å². The van der Waals surface area contributed by atoms with Gasteiger partial charge in [0.1, 0.15) is 0 Å². The zero-order valence-electron chi connectivity index (χ0n) is 12.0. The van der Waals surface area contributed by atoms with Crippen LogP contribution in [0.2, 0.25) is 0 Å². The molecule has 0 saturated carbocycles. The van der Waals surface area contributed by atoms with Crippen LogP contribution in [0.1, 0.15) is 26.2 Å².